The molecule has 8 aromatic rings. The van der Waals surface area contributed by atoms with Crippen molar-refractivity contribution in [2.45, 2.75) is 209 Å². The van der Waals surface area contributed by atoms with Crippen molar-refractivity contribution in [2.24, 2.45) is 0 Å². The van der Waals surface area contributed by atoms with E-state index in [0.717, 1.165) is 22.3 Å². The van der Waals surface area contributed by atoms with Gasteiger partial charge in [0.15, 0.2) is 11.5 Å². The van der Waals surface area contributed by atoms with Gasteiger partial charge in [-0.2, -0.15) is 0 Å². The van der Waals surface area contributed by atoms with Crippen LogP contribution in [0.2, 0.25) is 0 Å². The van der Waals surface area contributed by atoms with E-state index in [1.807, 2.05) is 54.6 Å². The van der Waals surface area contributed by atoms with Gasteiger partial charge in [0.25, 0.3) is 0 Å². The normalized spacial score (nSPS) is 13.5. The monoisotopic (exact) mass is 1550 g/mol. The van der Waals surface area contributed by atoms with Crippen molar-refractivity contribution in [3.63, 3.8) is 0 Å². The second kappa shape index (κ2) is 37.6. The quantitative estimate of drug-likeness (QED) is 0.161. The maximum Gasteiger partial charge on any atom is 0.162 e. The zero-order valence-electron chi connectivity index (χ0n) is 74.4. The fourth-order valence-electron chi connectivity index (χ4n) is 12.4. The van der Waals surface area contributed by atoms with E-state index in [4.69, 9.17) is 42.6 Å². The molecule has 9 heteroatoms. The van der Waals surface area contributed by atoms with Crippen LogP contribution in [-0.4, -0.2) is 87.4 Å². The van der Waals surface area contributed by atoms with Crippen LogP contribution < -0.4 is 23.7 Å². The molecule has 1 aliphatic rings. The van der Waals surface area contributed by atoms with Crippen molar-refractivity contribution in [3.05, 3.63) is 250 Å². The van der Waals surface area contributed by atoms with Crippen molar-refractivity contribution in [3.8, 4) is 112 Å². The Hall–Kier alpha value is -10.5. The SMILES string of the molecule is COc1cc(C#Cc2cc(C#Cc3cc(C(C)(C)C)cc(C(C)(C)C)c3)c(C#Cc3cc(C(C)(C)C)cc(C(C)(C)C)c3)cc2OC)c(C#Cc2cc(C#Cc3cc(C(C)(C)C)cc(C(C)(C)C)c3)c(C#Cc3cc(C(C)(C)C)cc(C(C)(C)C)c3)cc2OC)cc1C#Cc1ccc2c(c1)OCCOCCOCCOCCOCCO2. The summed E-state index contributed by atoms with van der Waals surface area (Å²) >= 11 is 0. The lowest BCUT2D eigenvalue weighted by molar-refractivity contribution is -0.00841. The minimum Gasteiger partial charge on any atom is -0.495 e. The van der Waals surface area contributed by atoms with Crippen LogP contribution >= 0.6 is 0 Å². The Morgan fingerprint density at radius 2 is 0.397 bits per heavy atom. The Morgan fingerprint density at radius 3 is 0.638 bits per heavy atom. The number of hydrogen-bond acceptors (Lipinski definition) is 9. The maximum absolute atomic E-state index is 6.34. The third-order valence-corrected chi connectivity index (χ3v) is 20.1. The molecule has 0 bridgehead atoms. The fraction of sp³-hybridized carbons (Fsp3) is 0.421. The molecule has 0 spiro atoms. The van der Waals surface area contributed by atoms with Crippen LogP contribution in [0.3, 0.4) is 0 Å². The number of benzene rings is 8. The first kappa shape index (κ1) is 89.5. The van der Waals surface area contributed by atoms with Crippen LogP contribution in [0.5, 0.6) is 28.7 Å². The molecule has 116 heavy (non-hydrogen) atoms. The van der Waals surface area contributed by atoms with E-state index in [-0.39, 0.29) is 49.9 Å². The molecule has 0 unspecified atom stereocenters. The molecule has 0 N–H and O–H groups in total. The predicted molar refractivity (Wildman–Crippen MR) is 477 cm³/mol. The summed E-state index contributed by atoms with van der Waals surface area (Å²) in [6, 6.07) is 44.2. The van der Waals surface area contributed by atoms with E-state index >= 15 is 0 Å². The molecular formula is C107H122O9. The first-order chi connectivity index (χ1) is 54.4. The van der Waals surface area contributed by atoms with Crippen molar-refractivity contribution >= 4 is 0 Å². The van der Waals surface area contributed by atoms with Crippen LogP contribution in [0.1, 0.15) is 289 Å². The van der Waals surface area contributed by atoms with E-state index in [1.54, 1.807) is 21.3 Å². The summed E-state index contributed by atoms with van der Waals surface area (Å²) in [4.78, 5) is 0. The summed E-state index contributed by atoms with van der Waals surface area (Å²) in [5.41, 5.74) is 18.6. The summed E-state index contributed by atoms with van der Waals surface area (Å²) in [7, 11) is 4.94. The topological polar surface area (TPSA) is 83.1 Å². The van der Waals surface area contributed by atoms with Gasteiger partial charge in [-0.05, 0) is 191 Å². The molecular weight excluding hydrogens is 1430 g/mol. The summed E-state index contributed by atoms with van der Waals surface area (Å²) in [5.74, 6) is 52.5. The van der Waals surface area contributed by atoms with Gasteiger partial charge < -0.3 is 42.6 Å². The van der Waals surface area contributed by atoms with Crippen LogP contribution in [0, 0.1) is 82.9 Å². The van der Waals surface area contributed by atoms with Gasteiger partial charge in [0.1, 0.15) is 30.5 Å². The molecule has 8 aromatic carbocycles. The van der Waals surface area contributed by atoms with E-state index in [1.165, 1.54) is 44.5 Å². The molecule has 1 heterocycles. The van der Waals surface area contributed by atoms with Crippen LogP contribution in [-0.2, 0) is 62.3 Å². The number of hydrogen-bond donors (Lipinski definition) is 0. The lowest BCUT2D eigenvalue weighted by Crippen LogP contribution is -2.16. The second-order valence-electron chi connectivity index (χ2n) is 38.0. The minimum atomic E-state index is -0.126. The zero-order chi connectivity index (χ0) is 84.8. The van der Waals surface area contributed by atoms with Gasteiger partial charge in [0.05, 0.1) is 90.9 Å². The zero-order valence-corrected chi connectivity index (χ0v) is 74.4. The third kappa shape index (κ3) is 25.5. The molecule has 604 valence electrons. The van der Waals surface area contributed by atoms with Gasteiger partial charge in [-0.1, -0.05) is 273 Å². The highest BCUT2D eigenvalue weighted by atomic mass is 16.6. The van der Waals surface area contributed by atoms with E-state index in [9.17, 15) is 0 Å². The molecule has 0 amide bonds. The largest absolute Gasteiger partial charge is 0.495 e. The van der Waals surface area contributed by atoms with Crippen LogP contribution in [0.15, 0.2) is 127 Å². The Morgan fingerprint density at radius 1 is 0.198 bits per heavy atom. The van der Waals surface area contributed by atoms with Crippen molar-refractivity contribution in [2.75, 3.05) is 87.4 Å². The summed E-state index contributed by atoms with van der Waals surface area (Å²) in [5, 5.41) is 0. The molecule has 0 fully saturated rings. The standard InChI is InChI=1S/C107H122O9/c1-100(2,3)87-54-74(55-88(69-87)101(4,5)6)29-34-78-63-85(97(109-26)66-81(78)36-31-76-58-91(104(13,14)15)71-92(59-76)105(16,17)18)41-39-80-65-84(38-28-73-33-43-95-99(62-73)116-53-51-114-49-47-112-45-44-111-46-48-113-50-52-115-95)96(108-25)68-83(80)40-42-86-64-79(35-30-75-56-89(102(7,8)9)70-90(57-75)103(10,11)12)82(67-98(86)110-27)37-32-77-60-93(106(19,20)21)72-94(61-77)107(22,23)24/h33,43,54-72H,44-53H2,1-27H3. The van der Waals surface area contributed by atoms with Crippen molar-refractivity contribution in [1.29, 1.82) is 0 Å². The van der Waals surface area contributed by atoms with Gasteiger partial charge in [-0.25, -0.2) is 0 Å². The smallest absolute Gasteiger partial charge is 0.162 e. The van der Waals surface area contributed by atoms with Gasteiger partial charge in [0, 0.05) is 61.2 Å². The van der Waals surface area contributed by atoms with E-state index < -0.39 is 0 Å². The molecule has 0 aromatic heterocycles. The Kier molecular flexibility index (Phi) is 29.0. The average molecular weight is 1550 g/mol. The maximum atomic E-state index is 6.34. The van der Waals surface area contributed by atoms with Crippen LogP contribution in [0.25, 0.3) is 0 Å². The first-order valence-corrected chi connectivity index (χ1v) is 40.5. The lowest BCUT2D eigenvalue weighted by atomic mass is 9.79. The number of methoxy groups -OCH3 is 3. The molecule has 1 aliphatic heterocycles. The molecule has 0 atom stereocenters. The molecule has 0 saturated carbocycles. The molecule has 9 nitrogen and oxygen atoms in total. The predicted octanol–water partition coefficient (Wildman–Crippen LogP) is 21.7. The first-order valence-electron chi connectivity index (χ1n) is 40.5. The Bertz CT molecular complexity index is 5250. The lowest BCUT2D eigenvalue weighted by Gasteiger charge is -2.25. The average Bonchev–Trinajstić information content (AvgIpc) is 0.807. The highest BCUT2D eigenvalue weighted by Gasteiger charge is 2.26. The summed E-state index contributed by atoms with van der Waals surface area (Å²) in [6.45, 7) is 57.7. The molecule has 0 aliphatic carbocycles. The van der Waals surface area contributed by atoms with Gasteiger partial charge in [0.2, 0.25) is 0 Å². The van der Waals surface area contributed by atoms with Crippen molar-refractivity contribution < 1.29 is 42.6 Å². The summed E-state index contributed by atoms with van der Waals surface area (Å²) in [6.07, 6.45) is 0. The van der Waals surface area contributed by atoms with Gasteiger partial charge in [-0.15, -0.1) is 0 Å². The van der Waals surface area contributed by atoms with Gasteiger partial charge >= 0.3 is 0 Å². The van der Waals surface area contributed by atoms with Crippen molar-refractivity contribution in [1.82, 2.24) is 0 Å². The summed E-state index contributed by atoms with van der Waals surface area (Å²) < 4.78 is 54.5. The Labute approximate surface area is 696 Å². The highest BCUT2D eigenvalue weighted by molar-refractivity contribution is 5.69. The number of fused-ring (bicyclic) bond motifs is 1. The van der Waals surface area contributed by atoms with E-state index in [0.29, 0.717) is 144 Å². The molecule has 9 rings (SSSR count). The van der Waals surface area contributed by atoms with E-state index in [2.05, 4.69) is 322 Å². The number of ether oxygens (including phenoxy) is 9. The fourth-order valence-corrected chi connectivity index (χ4v) is 12.4. The van der Waals surface area contributed by atoms with Gasteiger partial charge in [-0.3, -0.25) is 0 Å². The van der Waals surface area contributed by atoms with Crippen LogP contribution in [0.4, 0.5) is 0 Å². The minimum absolute atomic E-state index is 0.109. The highest BCUT2D eigenvalue weighted by Crippen LogP contribution is 2.37. The third-order valence-electron chi connectivity index (χ3n) is 20.1. The molecule has 0 radical (unpaired) electrons. The number of rotatable bonds is 3. The Balaban J connectivity index is 1.28. The second-order valence-corrected chi connectivity index (χ2v) is 38.0. The molecule has 0 saturated heterocycles.